The van der Waals surface area contributed by atoms with E-state index in [9.17, 15) is 4.79 Å². The van der Waals surface area contributed by atoms with Gasteiger partial charge in [-0.1, -0.05) is 49.2 Å². The smallest absolute Gasteiger partial charge is 0.305 e. The van der Waals surface area contributed by atoms with Gasteiger partial charge < -0.3 is 15.2 Å². The minimum Gasteiger partial charge on any atom is -0.430 e. The van der Waals surface area contributed by atoms with E-state index in [1.54, 1.807) is 6.33 Å². The number of nitrogens with zero attached hydrogens (tertiary/aromatic N) is 3. The number of rotatable bonds is 5. The molecule has 1 atom stereocenters. The lowest BCUT2D eigenvalue weighted by Gasteiger charge is -2.37. The first-order valence-electron chi connectivity index (χ1n) is 11.9. The quantitative estimate of drug-likeness (QED) is 0.707. The number of aryl methyl sites for hydroxylation is 1. The average Bonchev–Trinajstić information content (AvgIpc) is 2.80. The predicted molar refractivity (Wildman–Crippen MR) is 125 cm³/mol. The van der Waals surface area contributed by atoms with E-state index in [-0.39, 0.29) is 17.1 Å². The summed E-state index contributed by atoms with van der Waals surface area (Å²) in [6.07, 6.45) is 3.96. The van der Waals surface area contributed by atoms with Gasteiger partial charge in [-0.2, -0.15) is 0 Å². The van der Waals surface area contributed by atoms with Crippen molar-refractivity contribution >= 4 is 11.6 Å². The molecule has 0 saturated carbocycles. The number of benzene rings is 1. The Hall–Kier alpha value is -2.77. The van der Waals surface area contributed by atoms with E-state index in [0.717, 1.165) is 68.3 Å². The summed E-state index contributed by atoms with van der Waals surface area (Å²) >= 11 is 0. The number of nitrogens with two attached hydrogens (primary N) is 1. The molecule has 2 aromatic rings. The molecule has 0 radical (unpaired) electrons. The van der Waals surface area contributed by atoms with Crippen molar-refractivity contribution in [1.29, 1.82) is 0 Å². The maximum absolute atomic E-state index is 13.4. The van der Waals surface area contributed by atoms with E-state index >= 15 is 0 Å². The minimum atomic E-state index is -0.257. The van der Waals surface area contributed by atoms with Gasteiger partial charge in [0.25, 0.3) is 0 Å². The van der Waals surface area contributed by atoms with Gasteiger partial charge in [0, 0.05) is 38.0 Å². The number of carbonyl (C=O) groups is 1. The Morgan fingerprint density at radius 1 is 1.18 bits per heavy atom. The van der Waals surface area contributed by atoms with E-state index in [4.69, 9.17) is 15.2 Å². The lowest BCUT2D eigenvalue weighted by molar-refractivity contribution is -0.686. The number of ether oxygens (including phenoxy) is 2. The Kier molecular flexibility index (Phi) is 5.93. The summed E-state index contributed by atoms with van der Waals surface area (Å²) in [6, 6.07) is 10.1. The molecular formula is C26H33N4O3+. The Morgan fingerprint density at radius 2 is 1.94 bits per heavy atom. The summed E-state index contributed by atoms with van der Waals surface area (Å²) < 4.78 is 13.7. The predicted octanol–water partition coefficient (Wildman–Crippen LogP) is 2.84. The summed E-state index contributed by atoms with van der Waals surface area (Å²) in [5.41, 5.74) is 9.21. The van der Waals surface area contributed by atoms with Crippen LogP contribution < -0.4 is 15.0 Å². The van der Waals surface area contributed by atoms with E-state index in [2.05, 4.69) is 35.9 Å². The fraction of sp³-hybridized carbons (Fsp3) is 0.500. The third kappa shape index (κ3) is 4.39. The van der Waals surface area contributed by atoms with E-state index < -0.39 is 0 Å². The van der Waals surface area contributed by atoms with Crippen molar-refractivity contribution in [3.05, 3.63) is 59.1 Å². The number of aromatic nitrogens is 2. The molecule has 33 heavy (non-hydrogen) atoms. The molecule has 174 valence electrons. The number of allylic oxidation sites excluding steroid dienone is 2. The molecule has 1 aromatic heterocycles. The summed E-state index contributed by atoms with van der Waals surface area (Å²) in [4.78, 5) is 20.4. The zero-order valence-corrected chi connectivity index (χ0v) is 19.5. The molecule has 3 heterocycles. The van der Waals surface area contributed by atoms with Gasteiger partial charge in [-0.05, 0) is 17.4 Å². The van der Waals surface area contributed by atoms with Gasteiger partial charge in [0.15, 0.2) is 5.78 Å². The first-order valence-corrected chi connectivity index (χ1v) is 11.9. The second-order valence-corrected chi connectivity index (χ2v) is 10.1. The van der Waals surface area contributed by atoms with Crippen LogP contribution in [0.5, 0.6) is 5.88 Å². The third-order valence-corrected chi connectivity index (χ3v) is 6.92. The second-order valence-electron chi connectivity index (χ2n) is 10.1. The van der Waals surface area contributed by atoms with Gasteiger partial charge in [0.05, 0.1) is 25.7 Å². The van der Waals surface area contributed by atoms with Gasteiger partial charge in [-0.3, -0.25) is 9.69 Å². The standard InChI is InChI=1S/C26H32N4O3/c1-26(2)15-19(31)22-20(16-26)33-25-23(21(22)18-7-4-3-5-8-18)24(27)30(17-28-25)10-6-9-29-11-13-32-14-12-29/h3-5,7-8,17,21,27H,6,9-16H2,1-2H3/p+1/t21-/m0/s1. The summed E-state index contributed by atoms with van der Waals surface area (Å²) in [5, 5.41) is 0. The van der Waals surface area contributed by atoms with Crippen LogP contribution >= 0.6 is 0 Å². The number of anilines is 1. The van der Waals surface area contributed by atoms with Crippen molar-refractivity contribution in [2.45, 2.75) is 45.6 Å². The number of hydrogen-bond donors (Lipinski definition) is 1. The molecular weight excluding hydrogens is 416 g/mol. The summed E-state index contributed by atoms with van der Waals surface area (Å²) in [7, 11) is 0. The lowest BCUT2D eigenvalue weighted by Crippen LogP contribution is -2.43. The number of Topliss-reactive ketones (excluding diaryl/α,β-unsaturated/α-hetero) is 1. The molecule has 0 bridgehead atoms. The van der Waals surface area contributed by atoms with Crippen molar-refractivity contribution in [2.75, 3.05) is 38.6 Å². The third-order valence-electron chi connectivity index (χ3n) is 6.92. The van der Waals surface area contributed by atoms with Gasteiger partial charge in [-0.25, -0.2) is 4.57 Å². The molecule has 2 N–H and O–H groups in total. The van der Waals surface area contributed by atoms with E-state index in [0.29, 0.717) is 24.5 Å². The van der Waals surface area contributed by atoms with Crippen LogP contribution in [0, 0.1) is 5.41 Å². The van der Waals surface area contributed by atoms with Crippen molar-refractivity contribution in [3.63, 3.8) is 0 Å². The maximum atomic E-state index is 13.4. The number of carbonyl (C=O) groups excluding carboxylic acids is 1. The molecule has 0 unspecified atom stereocenters. The minimum absolute atomic E-state index is 0.131. The first-order chi connectivity index (χ1) is 15.9. The number of hydrogen-bond acceptors (Lipinski definition) is 6. The van der Waals surface area contributed by atoms with Crippen molar-refractivity contribution in [3.8, 4) is 5.88 Å². The monoisotopic (exact) mass is 449 g/mol. The van der Waals surface area contributed by atoms with Crippen molar-refractivity contribution < 1.29 is 18.8 Å². The Morgan fingerprint density at radius 3 is 2.70 bits per heavy atom. The molecule has 1 fully saturated rings. The van der Waals surface area contributed by atoms with Crippen LogP contribution in [0.1, 0.15) is 50.2 Å². The van der Waals surface area contributed by atoms with Crippen LogP contribution in [-0.2, 0) is 16.1 Å². The van der Waals surface area contributed by atoms with Crippen LogP contribution in [0.15, 0.2) is 48.0 Å². The van der Waals surface area contributed by atoms with Crippen molar-refractivity contribution in [2.24, 2.45) is 5.41 Å². The molecule has 0 amide bonds. The number of morpholine rings is 1. The van der Waals surface area contributed by atoms with Crippen LogP contribution in [0.2, 0.25) is 0 Å². The normalized spacial score (nSPS) is 22.5. The average molecular weight is 450 g/mol. The van der Waals surface area contributed by atoms with Gasteiger partial charge in [0.1, 0.15) is 11.3 Å². The van der Waals surface area contributed by atoms with Gasteiger partial charge in [-0.15, -0.1) is 0 Å². The molecule has 2 aliphatic heterocycles. The fourth-order valence-corrected chi connectivity index (χ4v) is 5.27. The molecule has 1 aromatic carbocycles. The van der Waals surface area contributed by atoms with E-state index in [1.165, 1.54) is 0 Å². The maximum Gasteiger partial charge on any atom is 0.305 e. The molecule has 5 rings (SSSR count). The van der Waals surface area contributed by atoms with Gasteiger partial charge >= 0.3 is 5.88 Å². The molecule has 1 saturated heterocycles. The molecule has 1 aliphatic carbocycles. The SMILES string of the molecule is CC1(C)CC(=O)C2=C(C1)Oc1nc[n+](CCCN3CCOCC3)c(N)c1[C@H]2c1ccccc1. The highest BCUT2D eigenvalue weighted by Gasteiger charge is 2.45. The molecule has 7 nitrogen and oxygen atoms in total. The second kappa shape index (κ2) is 8.88. The Balaban J connectivity index is 1.49. The Labute approximate surface area is 195 Å². The molecule has 0 spiro atoms. The summed E-state index contributed by atoms with van der Waals surface area (Å²) in [5.74, 6) is 1.78. The lowest BCUT2D eigenvalue weighted by atomic mass is 9.70. The highest BCUT2D eigenvalue weighted by Crippen LogP contribution is 2.50. The van der Waals surface area contributed by atoms with Crippen LogP contribution in [0.25, 0.3) is 0 Å². The van der Waals surface area contributed by atoms with Crippen LogP contribution in [-0.4, -0.2) is 48.5 Å². The zero-order valence-electron chi connectivity index (χ0n) is 19.5. The first kappa shape index (κ1) is 22.0. The highest BCUT2D eigenvalue weighted by atomic mass is 16.5. The molecule has 3 aliphatic rings. The zero-order chi connectivity index (χ0) is 23.0. The van der Waals surface area contributed by atoms with Crippen LogP contribution in [0.3, 0.4) is 0 Å². The number of ketones is 1. The van der Waals surface area contributed by atoms with Crippen LogP contribution in [0.4, 0.5) is 5.82 Å². The van der Waals surface area contributed by atoms with E-state index in [1.807, 2.05) is 22.8 Å². The number of nitrogen functional groups attached to an aromatic ring is 1. The van der Waals surface area contributed by atoms with Gasteiger partial charge in [0.2, 0.25) is 12.1 Å². The highest BCUT2D eigenvalue weighted by molar-refractivity contribution is 6.00. The summed E-state index contributed by atoms with van der Waals surface area (Å²) in [6.45, 7) is 9.53. The Bertz CT molecular complexity index is 1070. The number of fused-ring (bicyclic) bond motifs is 1. The molecule has 7 heteroatoms. The van der Waals surface area contributed by atoms with Crippen molar-refractivity contribution in [1.82, 2.24) is 9.88 Å². The topological polar surface area (TPSA) is 81.6 Å². The largest absolute Gasteiger partial charge is 0.430 e. The fourth-order valence-electron chi connectivity index (χ4n) is 5.27.